The van der Waals surface area contributed by atoms with E-state index in [4.69, 9.17) is 37.0 Å². The number of esters is 4. The SMILES string of the molecule is CC/C=C\C/C=C\C/C=C\C/C=C\CCCCCCC(=O)OCC(COP(=O)(O)OCC(O)COP(=O)(O)OCC(COC(=O)CCCCCCC/C=C\C/C=C\CCC)OC(=O)CCCCCCCCCCCCCCC)OC(=O)CCCCCCCCCCCCCCCCC. The van der Waals surface area contributed by atoms with Crippen LogP contribution in [0.25, 0.3) is 0 Å². The van der Waals surface area contributed by atoms with E-state index in [0.29, 0.717) is 25.7 Å². The topological polar surface area (TPSA) is 237 Å². The highest BCUT2D eigenvalue weighted by atomic mass is 31.2. The first kappa shape index (κ1) is 94.5. The number of hydrogen-bond acceptors (Lipinski definition) is 15. The second-order valence-electron chi connectivity index (χ2n) is 26.3. The molecule has 0 aliphatic heterocycles. The van der Waals surface area contributed by atoms with Gasteiger partial charge in [-0.1, -0.05) is 306 Å². The maximum atomic E-state index is 13.1. The Morgan fingerprint density at radius 3 is 0.857 bits per heavy atom. The van der Waals surface area contributed by atoms with E-state index in [1.165, 1.54) is 116 Å². The van der Waals surface area contributed by atoms with Gasteiger partial charge in [-0.25, -0.2) is 9.13 Å². The molecule has 0 aromatic heterocycles. The number of unbranched alkanes of at least 4 members (excludes halogenated alkanes) is 36. The van der Waals surface area contributed by atoms with Gasteiger partial charge in [-0.15, -0.1) is 0 Å². The molecular formula is C79H142O17P2. The van der Waals surface area contributed by atoms with Gasteiger partial charge >= 0.3 is 39.5 Å². The Balaban J connectivity index is 5.34. The molecule has 0 aliphatic carbocycles. The summed E-state index contributed by atoms with van der Waals surface area (Å²) in [5, 5.41) is 10.6. The Labute approximate surface area is 596 Å². The first-order valence-electron chi connectivity index (χ1n) is 39.2. The monoisotopic (exact) mass is 1420 g/mol. The van der Waals surface area contributed by atoms with Crippen LogP contribution in [0, 0.1) is 0 Å². The second kappa shape index (κ2) is 71.9. The van der Waals surface area contributed by atoms with Crippen molar-refractivity contribution in [1.29, 1.82) is 0 Å². The average Bonchev–Trinajstić information content (AvgIpc) is 1.05. The summed E-state index contributed by atoms with van der Waals surface area (Å²) < 4.78 is 68.5. The van der Waals surface area contributed by atoms with E-state index in [2.05, 4.69) is 101 Å². The van der Waals surface area contributed by atoms with Crippen LogP contribution in [0.4, 0.5) is 0 Å². The van der Waals surface area contributed by atoms with Gasteiger partial charge in [-0.2, -0.15) is 0 Å². The molecule has 0 spiro atoms. The molecule has 0 saturated heterocycles. The standard InChI is InChI=1S/C79H142O17P2/c1-5-9-13-17-21-25-29-33-35-36-38-41-44-48-52-56-60-64-77(82)90-70-75(96-79(84)66-62-58-54-50-46-42-37-34-30-26-22-18-14-10-6-2)72-94-98(87,88)92-68-73(80)67-91-97(85,86)93-71-74(95-78(83)65-61-57-53-49-45-40-32-28-24-20-16-12-8-4)69-89-76(81)63-59-55-51-47-43-39-31-27-23-19-15-11-7-3/h9,13,15,19,21,25,27,31,33,35,38,41,73-75,80H,5-8,10-12,14,16-18,20,22-24,26,28-30,32,34,36-37,39-40,42-72H2,1-4H3,(H,85,86)(H,87,88)/b13-9-,19-15-,25-21-,31-27-,35-33-,41-38-. The van der Waals surface area contributed by atoms with Crippen LogP contribution in [-0.4, -0.2) is 96.7 Å². The van der Waals surface area contributed by atoms with Crippen molar-refractivity contribution in [1.82, 2.24) is 0 Å². The number of allylic oxidation sites excluding steroid dienone is 12. The predicted molar refractivity (Wildman–Crippen MR) is 400 cm³/mol. The molecule has 0 rings (SSSR count). The zero-order chi connectivity index (χ0) is 71.8. The second-order valence-corrected chi connectivity index (χ2v) is 29.2. The molecule has 0 aromatic rings. The van der Waals surface area contributed by atoms with E-state index < -0.39 is 97.5 Å². The van der Waals surface area contributed by atoms with Crippen molar-refractivity contribution in [3.63, 3.8) is 0 Å². The molecule has 5 unspecified atom stereocenters. The van der Waals surface area contributed by atoms with Crippen LogP contribution in [0.15, 0.2) is 72.9 Å². The van der Waals surface area contributed by atoms with E-state index in [0.717, 1.165) is 154 Å². The zero-order valence-corrected chi connectivity index (χ0v) is 64.0. The number of phosphoric acid groups is 2. The van der Waals surface area contributed by atoms with Gasteiger partial charge in [0.15, 0.2) is 12.2 Å². The quantitative estimate of drug-likeness (QED) is 0.0169. The summed E-state index contributed by atoms with van der Waals surface area (Å²) in [5.41, 5.74) is 0. The molecule has 0 radical (unpaired) electrons. The Hall–Kier alpha value is -3.50. The number of hydrogen-bond donors (Lipinski definition) is 3. The normalized spacial score (nSPS) is 14.3. The lowest BCUT2D eigenvalue weighted by Gasteiger charge is -2.21. The summed E-state index contributed by atoms with van der Waals surface area (Å²) in [4.78, 5) is 72.9. The first-order valence-corrected chi connectivity index (χ1v) is 42.2. The van der Waals surface area contributed by atoms with Gasteiger partial charge in [0.1, 0.15) is 19.3 Å². The minimum Gasteiger partial charge on any atom is -0.462 e. The van der Waals surface area contributed by atoms with Crippen molar-refractivity contribution in [2.75, 3.05) is 39.6 Å². The van der Waals surface area contributed by atoms with Gasteiger partial charge in [0, 0.05) is 25.7 Å². The lowest BCUT2D eigenvalue weighted by Crippen LogP contribution is -2.30. The molecule has 0 saturated carbocycles. The minimum atomic E-state index is -4.97. The van der Waals surface area contributed by atoms with Crippen LogP contribution in [0.5, 0.6) is 0 Å². The first-order chi connectivity index (χ1) is 47.7. The predicted octanol–water partition coefficient (Wildman–Crippen LogP) is 22.4. The summed E-state index contributed by atoms with van der Waals surface area (Å²) in [7, 11) is -9.94. The van der Waals surface area contributed by atoms with E-state index in [-0.39, 0.29) is 25.7 Å². The van der Waals surface area contributed by atoms with Crippen LogP contribution in [0.2, 0.25) is 0 Å². The van der Waals surface area contributed by atoms with Crippen LogP contribution in [0.3, 0.4) is 0 Å². The Morgan fingerprint density at radius 1 is 0.296 bits per heavy atom. The fourth-order valence-electron chi connectivity index (χ4n) is 10.7. The summed E-state index contributed by atoms with van der Waals surface area (Å²) in [6.45, 7) is 4.71. The average molecular weight is 1430 g/mol. The van der Waals surface area contributed by atoms with Crippen molar-refractivity contribution in [2.45, 2.75) is 367 Å². The molecule has 5 atom stereocenters. The summed E-state index contributed by atoms with van der Waals surface area (Å²) in [5.74, 6) is -2.19. The molecule has 0 fully saturated rings. The molecule has 0 aliphatic rings. The van der Waals surface area contributed by atoms with E-state index in [1.54, 1.807) is 0 Å². The number of phosphoric ester groups is 2. The van der Waals surface area contributed by atoms with Crippen LogP contribution >= 0.6 is 15.6 Å². The number of ether oxygens (including phenoxy) is 4. The molecule has 0 aromatic carbocycles. The number of carbonyl (C=O) groups excluding carboxylic acids is 4. The lowest BCUT2D eigenvalue weighted by atomic mass is 10.0. The van der Waals surface area contributed by atoms with Crippen molar-refractivity contribution in [3.05, 3.63) is 72.9 Å². The molecule has 98 heavy (non-hydrogen) atoms. The molecule has 570 valence electrons. The number of rotatable bonds is 74. The third kappa shape index (κ3) is 70.9. The number of aliphatic hydroxyl groups excluding tert-OH is 1. The minimum absolute atomic E-state index is 0.0947. The molecule has 19 heteroatoms. The van der Waals surface area contributed by atoms with E-state index in [1.807, 2.05) is 0 Å². The van der Waals surface area contributed by atoms with Gasteiger partial charge in [-0.05, 0) is 89.9 Å². The summed E-state index contributed by atoms with van der Waals surface area (Å²) in [6, 6.07) is 0. The Kier molecular flexibility index (Phi) is 69.3. The zero-order valence-electron chi connectivity index (χ0n) is 62.2. The highest BCUT2D eigenvalue weighted by Gasteiger charge is 2.30. The van der Waals surface area contributed by atoms with Crippen LogP contribution in [-0.2, 0) is 65.4 Å². The highest BCUT2D eigenvalue weighted by molar-refractivity contribution is 7.47. The van der Waals surface area contributed by atoms with Crippen molar-refractivity contribution < 1.29 is 80.2 Å². The maximum absolute atomic E-state index is 13.1. The lowest BCUT2D eigenvalue weighted by molar-refractivity contribution is -0.161. The van der Waals surface area contributed by atoms with Crippen LogP contribution in [0.1, 0.15) is 349 Å². The molecule has 0 bridgehead atoms. The molecule has 0 amide bonds. The van der Waals surface area contributed by atoms with Crippen LogP contribution < -0.4 is 0 Å². The fraction of sp³-hybridized carbons (Fsp3) is 0.797. The summed E-state index contributed by atoms with van der Waals surface area (Å²) in [6.07, 6.45) is 71.7. The number of carbonyl (C=O) groups is 4. The van der Waals surface area contributed by atoms with Gasteiger partial charge in [0.05, 0.1) is 26.4 Å². The molecular weight excluding hydrogens is 1280 g/mol. The smallest absolute Gasteiger partial charge is 0.462 e. The molecule has 0 heterocycles. The van der Waals surface area contributed by atoms with Gasteiger partial charge in [0.2, 0.25) is 0 Å². The highest BCUT2D eigenvalue weighted by Crippen LogP contribution is 2.45. The summed E-state index contributed by atoms with van der Waals surface area (Å²) >= 11 is 0. The Morgan fingerprint density at radius 2 is 0.551 bits per heavy atom. The third-order valence-corrected chi connectivity index (χ3v) is 18.6. The van der Waals surface area contributed by atoms with Crippen molar-refractivity contribution >= 4 is 39.5 Å². The van der Waals surface area contributed by atoms with Gasteiger partial charge in [-0.3, -0.25) is 37.3 Å². The molecule has 17 nitrogen and oxygen atoms in total. The third-order valence-electron chi connectivity index (χ3n) is 16.7. The number of aliphatic hydroxyl groups is 1. The fourth-order valence-corrected chi connectivity index (χ4v) is 12.3. The maximum Gasteiger partial charge on any atom is 0.472 e. The molecule has 3 N–H and O–H groups in total. The van der Waals surface area contributed by atoms with Crippen molar-refractivity contribution in [2.24, 2.45) is 0 Å². The van der Waals surface area contributed by atoms with Gasteiger partial charge < -0.3 is 33.8 Å². The Bertz CT molecular complexity index is 2140. The van der Waals surface area contributed by atoms with E-state index >= 15 is 0 Å². The largest absolute Gasteiger partial charge is 0.472 e. The van der Waals surface area contributed by atoms with Gasteiger partial charge in [0.25, 0.3) is 0 Å². The van der Waals surface area contributed by atoms with Crippen molar-refractivity contribution in [3.8, 4) is 0 Å². The van der Waals surface area contributed by atoms with E-state index in [9.17, 15) is 43.2 Å².